The Labute approximate surface area is 112 Å². The summed E-state index contributed by atoms with van der Waals surface area (Å²) in [6.07, 6.45) is 1.72. The Morgan fingerprint density at radius 2 is 2.16 bits per heavy atom. The molecule has 2 rings (SSSR count). The van der Waals surface area contributed by atoms with E-state index in [2.05, 4.69) is 16.8 Å². The lowest BCUT2D eigenvalue weighted by atomic mass is 10.0. The third-order valence-corrected chi connectivity index (χ3v) is 3.38. The van der Waals surface area contributed by atoms with Gasteiger partial charge in [-0.1, -0.05) is 6.08 Å². The summed E-state index contributed by atoms with van der Waals surface area (Å²) in [6, 6.07) is 2.30. The van der Waals surface area contributed by atoms with Crippen molar-refractivity contribution in [2.24, 2.45) is 0 Å². The molecule has 0 aliphatic carbocycles. The molecule has 104 valence electrons. The lowest BCUT2D eigenvalue weighted by molar-refractivity contribution is 0.200. The monoisotopic (exact) mass is 266 g/mol. The Morgan fingerprint density at radius 1 is 1.47 bits per heavy atom. The number of ether oxygens (including phenoxy) is 1. The van der Waals surface area contributed by atoms with E-state index < -0.39 is 5.82 Å². The number of phenols is 1. The molecule has 2 N–H and O–H groups in total. The van der Waals surface area contributed by atoms with Crippen LogP contribution in [0.3, 0.4) is 0 Å². The normalized spacial score (nSPS) is 18.0. The van der Waals surface area contributed by atoms with E-state index in [1.165, 1.54) is 19.2 Å². The van der Waals surface area contributed by atoms with Gasteiger partial charge in [-0.25, -0.2) is 4.39 Å². The summed E-state index contributed by atoms with van der Waals surface area (Å²) in [6.45, 7) is 7.20. The van der Waals surface area contributed by atoms with Gasteiger partial charge in [0, 0.05) is 37.8 Å². The van der Waals surface area contributed by atoms with Crippen LogP contribution >= 0.6 is 0 Å². The molecule has 1 saturated heterocycles. The van der Waals surface area contributed by atoms with E-state index in [1.54, 1.807) is 6.08 Å². The van der Waals surface area contributed by atoms with Crippen LogP contribution in [0.2, 0.25) is 0 Å². The molecule has 0 spiro atoms. The fraction of sp³-hybridized carbons (Fsp3) is 0.429. The van der Waals surface area contributed by atoms with Crippen LogP contribution in [-0.2, 0) is 0 Å². The first-order chi connectivity index (χ1) is 9.17. The summed E-state index contributed by atoms with van der Waals surface area (Å²) < 4.78 is 18.6. The van der Waals surface area contributed by atoms with Crippen molar-refractivity contribution in [2.75, 3.05) is 33.3 Å². The van der Waals surface area contributed by atoms with E-state index in [4.69, 9.17) is 4.74 Å². The molecule has 1 fully saturated rings. The fourth-order valence-electron chi connectivity index (χ4n) is 2.41. The number of aromatic hydroxyl groups is 1. The number of hydrogen-bond donors (Lipinski definition) is 2. The number of hydrogen-bond acceptors (Lipinski definition) is 4. The SMILES string of the molecule is C=C[C@@H](c1cc(F)cc(OC)c1O)N1CCNCC1. The molecule has 4 nitrogen and oxygen atoms in total. The highest BCUT2D eigenvalue weighted by atomic mass is 19.1. The number of nitrogens with one attached hydrogen (secondary N) is 1. The summed E-state index contributed by atoms with van der Waals surface area (Å²) in [5.74, 6) is -0.295. The van der Waals surface area contributed by atoms with E-state index in [0.29, 0.717) is 5.56 Å². The minimum absolute atomic E-state index is 0.0210. The van der Waals surface area contributed by atoms with E-state index in [-0.39, 0.29) is 17.5 Å². The number of phenolic OH excluding ortho intramolecular Hbond substituents is 1. The highest BCUT2D eigenvalue weighted by molar-refractivity contribution is 5.48. The van der Waals surface area contributed by atoms with Gasteiger partial charge in [0.25, 0.3) is 0 Å². The Hall–Kier alpha value is -1.59. The quantitative estimate of drug-likeness (QED) is 0.814. The molecule has 1 aromatic rings. The van der Waals surface area contributed by atoms with E-state index in [1.807, 2.05) is 0 Å². The van der Waals surface area contributed by atoms with Crippen LogP contribution in [0.25, 0.3) is 0 Å². The smallest absolute Gasteiger partial charge is 0.163 e. The standard InChI is InChI=1S/C14H19FN2O2/c1-3-12(17-6-4-16-5-7-17)11-8-10(15)9-13(19-2)14(11)18/h3,8-9,12,16,18H,1,4-7H2,2H3/t12-/m0/s1. The van der Waals surface area contributed by atoms with E-state index in [9.17, 15) is 9.50 Å². The summed E-state index contributed by atoms with van der Waals surface area (Å²) >= 11 is 0. The molecule has 19 heavy (non-hydrogen) atoms. The maximum atomic E-state index is 13.6. The summed E-state index contributed by atoms with van der Waals surface area (Å²) in [4.78, 5) is 2.15. The van der Waals surface area contributed by atoms with Gasteiger partial charge in [-0.2, -0.15) is 0 Å². The zero-order chi connectivity index (χ0) is 13.8. The summed E-state index contributed by atoms with van der Waals surface area (Å²) in [5, 5.41) is 13.4. The lowest BCUT2D eigenvalue weighted by Gasteiger charge is -2.33. The predicted molar refractivity (Wildman–Crippen MR) is 72.0 cm³/mol. The Kier molecular flexibility index (Phi) is 4.39. The molecule has 5 heteroatoms. The number of rotatable bonds is 4. The van der Waals surface area contributed by atoms with Crippen LogP contribution in [0.4, 0.5) is 4.39 Å². The molecule has 1 aliphatic rings. The van der Waals surface area contributed by atoms with Crippen molar-refractivity contribution in [3.8, 4) is 11.5 Å². The molecule has 0 unspecified atom stereocenters. The van der Waals surface area contributed by atoms with Crippen molar-refractivity contribution in [3.63, 3.8) is 0 Å². The van der Waals surface area contributed by atoms with Crippen LogP contribution in [0.15, 0.2) is 24.8 Å². The Balaban J connectivity index is 2.36. The van der Waals surface area contributed by atoms with Crippen molar-refractivity contribution < 1.29 is 14.2 Å². The van der Waals surface area contributed by atoms with Gasteiger partial charge in [0.1, 0.15) is 5.82 Å². The van der Waals surface area contributed by atoms with Gasteiger partial charge < -0.3 is 15.2 Å². The molecule has 0 bridgehead atoms. The van der Waals surface area contributed by atoms with Crippen LogP contribution in [0.1, 0.15) is 11.6 Å². The van der Waals surface area contributed by atoms with Gasteiger partial charge >= 0.3 is 0 Å². The van der Waals surface area contributed by atoms with Gasteiger partial charge in [-0.15, -0.1) is 6.58 Å². The number of halogens is 1. The first-order valence-corrected chi connectivity index (χ1v) is 6.31. The Bertz CT molecular complexity index is 459. The molecule has 0 radical (unpaired) electrons. The van der Waals surface area contributed by atoms with Crippen LogP contribution in [-0.4, -0.2) is 43.3 Å². The van der Waals surface area contributed by atoms with Gasteiger partial charge in [-0.05, 0) is 6.07 Å². The van der Waals surface area contributed by atoms with Crippen LogP contribution in [0.5, 0.6) is 11.5 Å². The number of methoxy groups -OCH3 is 1. The van der Waals surface area contributed by atoms with Crippen LogP contribution < -0.4 is 10.1 Å². The second kappa shape index (κ2) is 6.04. The largest absolute Gasteiger partial charge is 0.504 e. The van der Waals surface area contributed by atoms with E-state index in [0.717, 1.165) is 26.2 Å². The maximum absolute atomic E-state index is 13.6. The molecular formula is C14H19FN2O2. The van der Waals surface area contributed by atoms with Crippen LogP contribution in [0, 0.1) is 5.82 Å². The lowest BCUT2D eigenvalue weighted by Crippen LogP contribution is -2.44. The second-order valence-corrected chi connectivity index (χ2v) is 4.51. The molecular weight excluding hydrogens is 247 g/mol. The highest BCUT2D eigenvalue weighted by Crippen LogP contribution is 2.37. The topological polar surface area (TPSA) is 44.7 Å². The summed E-state index contributed by atoms with van der Waals surface area (Å²) in [5.41, 5.74) is 0.494. The number of benzene rings is 1. The zero-order valence-electron chi connectivity index (χ0n) is 11.0. The van der Waals surface area contributed by atoms with Gasteiger partial charge in [0.15, 0.2) is 11.5 Å². The third-order valence-electron chi connectivity index (χ3n) is 3.38. The first kappa shape index (κ1) is 13.8. The molecule has 0 aromatic heterocycles. The second-order valence-electron chi connectivity index (χ2n) is 4.51. The van der Waals surface area contributed by atoms with Gasteiger partial charge in [0.2, 0.25) is 0 Å². The molecule has 1 heterocycles. The van der Waals surface area contributed by atoms with Crippen molar-refractivity contribution in [2.45, 2.75) is 6.04 Å². The molecule has 1 aliphatic heterocycles. The summed E-state index contributed by atoms with van der Waals surface area (Å²) in [7, 11) is 1.41. The van der Waals surface area contributed by atoms with Crippen molar-refractivity contribution in [1.82, 2.24) is 10.2 Å². The average molecular weight is 266 g/mol. The molecule has 0 amide bonds. The molecule has 1 aromatic carbocycles. The van der Waals surface area contributed by atoms with Crippen molar-refractivity contribution in [1.29, 1.82) is 0 Å². The van der Waals surface area contributed by atoms with E-state index >= 15 is 0 Å². The van der Waals surface area contributed by atoms with Gasteiger partial charge in [0.05, 0.1) is 13.2 Å². The fourth-order valence-corrected chi connectivity index (χ4v) is 2.41. The molecule has 0 saturated carbocycles. The highest BCUT2D eigenvalue weighted by Gasteiger charge is 2.24. The predicted octanol–water partition coefficient (Wildman–Crippen LogP) is 1.67. The minimum atomic E-state index is -0.424. The first-order valence-electron chi connectivity index (χ1n) is 6.31. The van der Waals surface area contributed by atoms with Crippen molar-refractivity contribution >= 4 is 0 Å². The molecule has 1 atom stereocenters. The third kappa shape index (κ3) is 2.88. The Morgan fingerprint density at radius 3 is 2.74 bits per heavy atom. The zero-order valence-corrected chi connectivity index (χ0v) is 11.0. The van der Waals surface area contributed by atoms with Crippen molar-refractivity contribution in [3.05, 3.63) is 36.2 Å². The van der Waals surface area contributed by atoms with Gasteiger partial charge in [-0.3, -0.25) is 4.90 Å². The number of piperazine rings is 1. The average Bonchev–Trinajstić information content (AvgIpc) is 2.44. The maximum Gasteiger partial charge on any atom is 0.163 e. The number of nitrogens with zero attached hydrogens (tertiary/aromatic N) is 1. The minimum Gasteiger partial charge on any atom is -0.504 e.